The van der Waals surface area contributed by atoms with Crippen LogP contribution in [0.5, 0.6) is 0 Å². The first-order valence-electron chi connectivity index (χ1n) is 3.65. The molecule has 0 bridgehead atoms. The van der Waals surface area contributed by atoms with Gasteiger partial charge in [0.05, 0.1) is 0 Å². The Bertz CT molecular complexity index is 233. The van der Waals surface area contributed by atoms with Gasteiger partial charge in [-0.15, -0.1) is 0 Å². The molecule has 0 aromatic heterocycles. The van der Waals surface area contributed by atoms with Crippen molar-refractivity contribution in [2.45, 2.75) is 27.7 Å². The molecular weight excluding hydrogens is 177 g/mol. The van der Waals surface area contributed by atoms with Gasteiger partial charge in [-0.1, -0.05) is 17.7 Å². The third kappa shape index (κ3) is 3.97. The van der Waals surface area contributed by atoms with Gasteiger partial charge < -0.3 is 0 Å². The minimum atomic E-state index is 0. The third-order valence-corrected chi connectivity index (χ3v) is 2.07. The van der Waals surface area contributed by atoms with Crippen LogP contribution in [-0.4, -0.2) is 0 Å². The molecule has 0 saturated carbocycles. The summed E-state index contributed by atoms with van der Waals surface area (Å²) < 4.78 is 0. The highest BCUT2D eigenvalue weighted by atomic mass is 19.0. The Morgan fingerprint density at radius 2 is 1.00 bits per heavy atom. The Morgan fingerprint density at radius 1 is 0.692 bits per heavy atom. The van der Waals surface area contributed by atoms with Gasteiger partial charge in [-0.25, -0.2) is 0 Å². The van der Waals surface area contributed by atoms with Crippen LogP contribution in [0.3, 0.4) is 0 Å². The largest absolute Gasteiger partial charge is 0.269 e. The minimum Gasteiger partial charge on any atom is -0.269 e. The van der Waals surface area contributed by atoms with Gasteiger partial charge in [0.15, 0.2) is 0 Å². The van der Waals surface area contributed by atoms with Crippen LogP contribution in [0.1, 0.15) is 22.3 Å². The van der Waals surface area contributed by atoms with Crippen LogP contribution >= 0.6 is 0 Å². The van der Waals surface area contributed by atoms with E-state index in [-0.39, 0.29) is 14.1 Å². The first kappa shape index (κ1) is 17.9. The summed E-state index contributed by atoms with van der Waals surface area (Å²) in [6.45, 7) is 8.63. The summed E-state index contributed by atoms with van der Waals surface area (Å²) in [5, 5.41) is 0. The second-order valence-corrected chi connectivity index (χ2v) is 3.02. The fourth-order valence-corrected chi connectivity index (χ4v) is 1.25. The number of aryl methyl sites for hydroxylation is 3. The van der Waals surface area contributed by atoms with E-state index in [1.54, 1.807) is 0 Å². The molecule has 0 unspecified atom stereocenters. The van der Waals surface area contributed by atoms with E-state index < -0.39 is 0 Å². The Labute approximate surface area is 77.1 Å². The van der Waals surface area contributed by atoms with Gasteiger partial charge in [-0.05, 0) is 44.4 Å². The van der Waals surface area contributed by atoms with E-state index in [2.05, 4.69) is 39.8 Å². The van der Waals surface area contributed by atoms with Crippen molar-refractivity contribution in [2.24, 2.45) is 0 Å². The molecule has 78 valence electrons. The quantitative estimate of drug-likeness (QED) is 0.594. The van der Waals surface area contributed by atoms with Gasteiger partial charge in [0.1, 0.15) is 0 Å². The number of hydrogen-bond acceptors (Lipinski definition) is 0. The predicted molar refractivity (Wildman–Crippen MR) is 52.9 cm³/mol. The highest BCUT2D eigenvalue weighted by Gasteiger charge is 1.95. The zero-order valence-electron chi connectivity index (χ0n) is 8.38. The van der Waals surface area contributed by atoms with Gasteiger partial charge in [-0.3, -0.25) is 14.1 Å². The molecule has 3 heteroatoms. The summed E-state index contributed by atoms with van der Waals surface area (Å²) in [6.07, 6.45) is 0. The van der Waals surface area contributed by atoms with Crippen molar-refractivity contribution in [1.29, 1.82) is 0 Å². The molecule has 13 heavy (non-hydrogen) atoms. The smallest absolute Gasteiger partial charge is 0.0392 e. The number of hydrogen-bond donors (Lipinski definition) is 0. The van der Waals surface area contributed by atoms with Crippen LogP contribution in [0.4, 0.5) is 14.1 Å². The lowest BCUT2D eigenvalue weighted by Crippen LogP contribution is -1.86. The standard InChI is InChI=1S/C10H14.3FH/c1-7-5-8(2)10(4)9(3)6-7;;;/h5-6H,1-4H3;3*1H. The molecule has 1 rings (SSSR count). The molecule has 0 nitrogen and oxygen atoms in total. The van der Waals surface area contributed by atoms with Crippen LogP contribution in [0.2, 0.25) is 0 Å². The molecule has 1 aromatic carbocycles. The second-order valence-electron chi connectivity index (χ2n) is 3.02. The molecule has 0 atom stereocenters. The lowest BCUT2D eigenvalue weighted by Gasteiger charge is -2.04. The summed E-state index contributed by atoms with van der Waals surface area (Å²) in [5.41, 5.74) is 5.58. The fourth-order valence-electron chi connectivity index (χ4n) is 1.25. The molecular formula is C10H17F3. The van der Waals surface area contributed by atoms with Crippen LogP contribution < -0.4 is 0 Å². The van der Waals surface area contributed by atoms with E-state index in [9.17, 15) is 0 Å². The fraction of sp³-hybridized carbons (Fsp3) is 0.400. The van der Waals surface area contributed by atoms with E-state index in [0.717, 1.165) is 0 Å². The Balaban J connectivity index is -0.000000333. The lowest BCUT2D eigenvalue weighted by atomic mass is 10.0. The first-order chi connectivity index (χ1) is 4.61. The monoisotopic (exact) mass is 194 g/mol. The number of halogens is 3. The molecule has 0 aliphatic heterocycles. The average Bonchev–Trinajstić information content (AvgIpc) is 1.82. The van der Waals surface area contributed by atoms with Crippen LogP contribution in [-0.2, 0) is 0 Å². The van der Waals surface area contributed by atoms with Gasteiger partial charge in [0.2, 0.25) is 0 Å². The minimum absolute atomic E-state index is 0. The summed E-state index contributed by atoms with van der Waals surface area (Å²) >= 11 is 0. The summed E-state index contributed by atoms with van der Waals surface area (Å²) in [4.78, 5) is 0. The van der Waals surface area contributed by atoms with Crippen LogP contribution in [0, 0.1) is 27.7 Å². The molecule has 0 N–H and O–H groups in total. The predicted octanol–water partition coefficient (Wildman–Crippen LogP) is 3.38. The van der Waals surface area contributed by atoms with Crippen molar-refractivity contribution in [2.75, 3.05) is 0 Å². The first-order valence-corrected chi connectivity index (χ1v) is 3.65. The molecule has 0 heterocycles. The van der Waals surface area contributed by atoms with E-state index in [0.29, 0.717) is 0 Å². The van der Waals surface area contributed by atoms with Crippen molar-refractivity contribution in [3.8, 4) is 0 Å². The van der Waals surface area contributed by atoms with Crippen LogP contribution in [0.25, 0.3) is 0 Å². The van der Waals surface area contributed by atoms with Gasteiger partial charge in [-0.2, -0.15) is 0 Å². The molecule has 1 aromatic rings. The molecule has 0 aliphatic carbocycles. The maximum absolute atomic E-state index is 2.22. The van der Waals surface area contributed by atoms with Gasteiger partial charge >= 0.3 is 0 Å². The zero-order valence-corrected chi connectivity index (χ0v) is 8.38. The van der Waals surface area contributed by atoms with E-state index in [1.807, 2.05) is 0 Å². The molecule has 0 saturated heterocycles. The van der Waals surface area contributed by atoms with Crippen molar-refractivity contribution in [1.82, 2.24) is 0 Å². The third-order valence-electron chi connectivity index (χ3n) is 2.07. The highest BCUT2D eigenvalue weighted by Crippen LogP contribution is 2.13. The van der Waals surface area contributed by atoms with Gasteiger partial charge in [0.25, 0.3) is 0 Å². The summed E-state index contributed by atoms with van der Waals surface area (Å²) in [7, 11) is 0. The Hall–Kier alpha value is -0.990. The lowest BCUT2D eigenvalue weighted by molar-refractivity contribution is 1.11. The van der Waals surface area contributed by atoms with E-state index in [1.165, 1.54) is 22.3 Å². The highest BCUT2D eigenvalue weighted by molar-refractivity contribution is 5.35. The molecule has 0 aliphatic rings. The Kier molecular flexibility index (Phi) is 8.99. The second kappa shape index (κ2) is 6.52. The zero-order chi connectivity index (χ0) is 7.72. The summed E-state index contributed by atoms with van der Waals surface area (Å²) in [6, 6.07) is 4.45. The molecule has 0 spiro atoms. The van der Waals surface area contributed by atoms with Crippen LogP contribution in [0.15, 0.2) is 12.1 Å². The van der Waals surface area contributed by atoms with Crippen molar-refractivity contribution >= 4 is 0 Å². The molecule has 0 fully saturated rings. The normalized spacial score (nSPS) is 7.69. The average molecular weight is 194 g/mol. The molecule has 0 amide bonds. The number of benzene rings is 1. The number of rotatable bonds is 0. The topological polar surface area (TPSA) is 0 Å². The maximum atomic E-state index is 2.22. The summed E-state index contributed by atoms with van der Waals surface area (Å²) in [5.74, 6) is 0. The molecule has 0 radical (unpaired) electrons. The van der Waals surface area contributed by atoms with Crippen molar-refractivity contribution in [3.05, 3.63) is 34.4 Å². The Morgan fingerprint density at radius 3 is 1.31 bits per heavy atom. The van der Waals surface area contributed by atoms with Crippen molar-refractivity contribution < 1.29 is 14.1 Å². The SMILES string of the molecule is Cc1cc(C)c(C)c(C)c1.F.F.F. The van der Waals surface area contributed by atoms with Gasteiger partial charge in [0, 0.05) is 0 Å². The maximum Gasteiger partial charge on any atom is -0.0392 e. The van der Waals surface area contributed by atoms with E-state index >= 15 is 0 Å². The van der Waals surface area contributed by atoms with E-state index in [4.69, 9.17) is 0 Å². The van der Waals surface area contributed by atoms with Crippen molar-refractivity contribution in [3.63, 3.8) is 0 Å².